The summed E-state index contributed by atoms with van der Waals surface area (Å²) in [6.07, 6.45) is 4.81. The molecule has 3 atom stereocenters. The number of anilines is 1. The quantitative estimate of drug-likeness (QED) is 0.503. The Balaban J connectivity index is 1.03. The van der Waals surface area contributed by atoms with Crippen LogP contribution in [-0.2, 0) is 28.0 Å². The van der Waals surface area contributed by atoms with E-state index in [1.54, 1.807) is 26.8 Å². The van der Waals surface area contributed by atoms with Crippen molar-refractivity contribution in [2.75, 3.05) is 18.4 Å². The lowest BCUT2D eigenvalue weighted by molar-refractivity contribution is -0.115. The van der Waals surface area contributed by atoms with Crippen LogP contribution >= 0.6 is 0 Å². The van der Waals surface area contributed by atoms with Crippen molar-refractivity contribution in [2.45, 2.75) is 75.7 Å². The summed E-state index contributed by atoms with van der Waals surface area (Å²) in [6, 6.07) is 15.6. The number of nitrogens with one attached hydrogen (secondary N) is 3. The van der Waals surface area contributed by atoms with E-state index in [0.717, 1.165) is 43.5 Å². The third kappa shape index (κ3) is 5.10. The number of hydrogen-bond donors (Lipinski definition) is 3. The highest BCUT2D eigenvalue weighted by Gasteiger charge is 2.49. The molecule has 4 aliphatic heterocycles. The smallest absolute Gasteiger partial charge is 0.282 e. The molecule has 4 aliphatic rings. The fourth-order valence-corrected chi connectivity index (χ4v) is 8.63. The van der Waals surface area contributed by atoms with Crippen molar-refractivity contribution in [3.05, 3.63) is 65.2 Å². The van der Waals surface area contributed by atoms with Gasteiger partial charge in [0.05, 0.1) is 6.42 Å². The van der Waals surface area contributed by atoms with E-state index < -0.39 is 10.2 Å². The molecule has 2 bridgehead atoms. The van der Waals surface area contributed by atoms with Gasteiger partial charge in [-0.25, -0.2) is 0 Å². The zero-order valence-corrected chi connectivity index (χ0v) is 22.3. The molecule has 9 nitrogen and oxygen atoms in total. The molecule has 10 heteroatoms. The van der Waals surface area contributed by atoms with Gasteiger partial charge >= 0.3 is 0 Å². The average molecular weight is 538 g/mol. The summed E-state index contributed by atoms with van der Waals surface area (Å²) in [6.45, 7) is 1.85. The number of nitrogens with zero attached hydrogens (tertiary/aromatic N) is 2. The second-order valence-electron chi connectivity index (χ2n) is 11.0. The molecule has 0 aromatic heterocycles. The van der Waals surface area contributed by atoms with Crippen molar-refractivity contribution >= 4 is 27.7 Å². The lowest BCUT2D eigenvalue weighted by atomic mass is 9.99. The summed E-state index contributed by atoms with van der Waals surface area (Å²) in [5.74, 6) is -0.228. The van der Waals surface area contributed by atoms with Crippen LogP contribution < -0.4 is 16.0 Å². The number of carbonyl (C=O) groups is 2. The van der Waals surface area contributed by atoms with E-state index in [-0.39, 0.29) is 36.4 Å². The van der Waals surface area contributed by atoms with Gasteiger partial charge in [-0.2, -0.15) is 17.0 Å². The van der Waals surface area contributed by atoms with E-state index >= 15 is 0 Å². The molecule has 2 amide bonds. The molecule has 0 spiro atoms. The predicted octanol–water partition coefficient (Wildman–Crippen LogP) is 2.41. The molecule has 0 radical (unpaired) electrons. The van der Waals surface area contributed by atoms with Crippen LogP contribution in [0.1, 0.15) is 60.0 Å². The molecule has 2 aromatic carbocycles. The molecule has 1 unspecified atom stereocenters. The molecule has 3 saturated heterocycles. The Kier molecular flexibility index (Phi) is 6.98. The minimum atomic E-state index is -3.54. The number of rotatable bonds is 7. The normalized spacial score (nSPS) is 26.2. The Morgan fingerprint density at radius 1 is 0.947 bits per heavy atom. The lowest BCUT2D eigenvalue weighted by Crippen LogP contribution is -2.57. The summed E-state index contributed by atoms with van der Waals surface area (Å²) >= 11 is 0. The third-order valence-electron chi connectivity index (χ3n) is 8.48. The molecule has 0 aliphatic carbocycles. The highest BCUT2D eigenvalue weighted by molar-refractivity contribution is 7.86. The first-order valence-electron chi connectivity index (χ1n) is 13.7. The number of piperidine rings is 2. The van der Waals surface area contributed by atoms with E-state index in [4.69, 9.17) is 0 Å². The minimum Gasteiger partial charge on any atom is -0.349 e. The first kappa shape index (κ1) is 25.5. The largest absolute Gasteiger partial charge is 0.349 e. The highest BCUT2D eigenvalue weighted by Crippen LogP contribution is 2.39. The Hall–Kier alpha value is -2.79. The van der Waals surface area contributed by atoms with Crippen LogP contribution in [0.25, 0.3) is 0 Å². The highest BCUT2D eigenvalue weighted by atomic mass is 32.2. The maximum Gasteiger partial charge on any atom is 0.282 e. The zero-order chi connectivity index (χ0) is 26.3. The Morgan fingerprint density at radius 2 is 1.66 bits per heavy atom. The number of carbonyl (C=O) groups excluding carboxylic acids is 2. The fourth-order valence-electron chi connectivity index (χ4n) is 6.55. The van der Waals surface area contributed by atoms with E-state index in [1.165, 1.54) is 5.56 Å². The second kappa shape index (κ2) is 10.4. The van der Waals surface area contributed by atoms with Crippen LogP contribution in [0, 0.1) is 0 Å². The number of hydrogen-bond acceptors (Lipinski definition) is 5. The lowest BCUT2D eigenvalue weighted by Gasteiger charge is -2.42. The zero-order valence-electron chi connectivity index (χ0n) is 21.4. The summed E-state index contributed by atoms with van der Waals surface area (Å²) in [5, 5.41) is 9.50. The van der Waals surface area contributed by atoms with Crippen molar-refractivity contribution in [3.8, 4) is 0 Å². The summed E-state index contributed by atoms with van der Waals surface area (Å²) in [5.41, 5.74) is 3.37. The summed E-state index contributed by atoms with van der Waals surface area (Å²) < 4.78 is 30.8. The maximum absolute atomic E-state index is 13.7. The molecule has 4 heterocycles. The van der Waals surface area contributed by atoms with Crippen molar-refractivity contribution in [3.63, 3.8) is 0 Å². The molecule has 0 saturated carbocycles. The van der Waals surface area contributed by atoms with Gasteiger partial charge in [-0.05, 0) is 67.9 Å². The van der Waals surface area contributed by atoms with Crippen molar-refractivity contribution < 1.29 is 18.0 Å². The molecular formula is C28H35N5O4S. The van der Waals surface area contributed by atoms with Gasteiger partial charge in [-0.15, -0.1) is 0 Å². The van der Waals surface area contributed by atoms with Crippen LogP contribution in [0.2, 0.25) is 0 Å². The van der Waals surface area contributed by atoms with Crippen LogP contribution in [0.5, 0.6) is 0 Å². The van der Waals surface area contributed by atoms with Gasteiger partial charge in [0.1, 0.15) is 0 Å². The van der Waals surface area contributed by atoms with E-state index in [0.29, 0.717) is 37.5 Å². The fraction of sp³-hybridized carbons (Fsp3) is 0.500. The molecule has 3 fully saturated rings. The topological polar surface area (TPSA) is 111 Å². The minimum absolute atomic E-state index is 0.0598. The molecule has 2 aromatic rings. The SMILES string of the molecule is O=C1Cc2cc(C(=O)NC3C[C@H]4CC[C@@H](C3)N4S(=O)(=O)N3CCC(NCc4ccccc4)CC3)ccc2N1. The molecule has 3 N–H and O–H groups in total. The average Bonchev–Trinajstić information content (AvgIpc) is 3.44. The van der Waals surface area contributed by atoms with Crippen LogP contribution in [-0.4, -0.2) is 66.1 Å². The van der Waals surface area contributed by atoms with Gasteiger partial charge in [-0.1, -0.05) is 30.3 Å². The predicted molar refractivity (Wildman–Crippen MR) is 145 cm³/mol. The monoisotopic (exact) mass is 537 g/mol. The number of amides is 2. The first-order chi connectivity index (χ1) is 18.4. The van der Waals surface area contributed by atoms with Gasteiger partial charge in [0.15, 0.2) is 0 Å². The third-order valence-corrected chi connectivity index (χ3v) is 10.6. The Morgan fingerprint density at radius 3 is 2.37 bits per heavy atom. The molecule has 202 valence electrons. The summed E-state index contributed by atoms with van der Waals surface area (Å²) in [4.78, 5) is 24.6. The van der Waals surface area contributed by atoms with E-state index in [9.17, 15) is 18.0 Å². The van der Waals surface area contributed by atoms with Gasteiger partial charge in [-0.3, -0.25) is 9.59 Å². The van der Waals surface area contributed by atoms with Crippen molar-refractivity contribution in [1.29, 1.82) is 0 Å². The van der Waals surface area contributed by atoms with Crippen LogP contribution in [0.4, 0.5) is 5.69 Å². The number of fused-ring (bicyclic) bond motifs is 3. The van der Waals surface area contributed by atoms with E-state index in [1.807, 2.05) is 18.2 Å². The van der Waals surface area contributed by atoms with Crippen molar-refractivity contribution in [2.24, 2.45) is 0 Å². The van der Waals surface area contributed by atoms with Crippen molar-refractivity contribution in [1.82, 2.24) is 19.2 Å². The van der Waals surface area contributed by atoms with Gasteiger partial charge < -0.3 is 16.0 Å². The molecule has 6 rings (SSSR count). The van der Waals surface area contributed by atoms with Crippen LogP contribution in [0.15, 0.2) is 48.5 Å². The van der Waals surface area contributed by atoms with Gasteiger partial charge in [0, 0.05) is 55.1 Å². The Bertz CT molecular complexity index is 1300. The second-order valence-corrected chi connectivity index (χ2v) is 12.8. The van der Waals surface area contributed by atoms with Gasteiger partial charge in [0.2, 0.25) is 5.91 Å². The summed E-state index contributed by atoms with van der Waals surface area (Å²) in [7, 11) is -3.54. The standard InChI is InChI=1S/C28H35N5O4S/c34-27-15-21-14-20(6-9-26(21)31-27)28(35)30-23-16-24-7-8-25(17-23)33(24)38(36,37)32-12-10-22(11-13-32)29-18-19-4-2-1-3-5-19/h1-6,9,14,22-25,29H,7-8,10-13,15-18H2,(H,30,35)(H,31,34)/t23?,24-,25+. The van der Waals surface area contributed by atoms with Gasteiger partial charge in [0.25, 0.3) is 16.1 Å². The molecular weight excluding hydrogens is 502 g/mol. The van der Waals surface area contributed by atoms with E-state index in [2.05, 4.69) is 28.1 Å². The number of benzene rings is 2. The molecule has 38 heavy (non-hydrogen) atoms. The maximum atomic E-state index is 13.7. The Labute approximate surface area is 224 Å². The van der Waals surface area contributed by atoms with Crippen LogP contribution in [0.3, 0.4) is 0 Å². The first-order valence-corrected chi connectivity index (χ1v) is 15.1.